The molecule has 0 spiro atoms. The van der Waals surface area contributed by atoms with Crippen LogP contribution in [0.25, 0.3) is 10.9 Å². The van der Waals surface area contributed by atoms with Crippen molar-refractivity contribution in [3.05, 3.63) is 54.0 Å². The van der Waals surface area contributed by atoms with Crippen molar-refractivity contribution in [2.75, 3.05) is 54.6 Å². The van der Waals surface area contributed by atoms with Gasteiger partial charge in [-0.3, -0.25) is 4.79 Å². The normalized spacial score (nSPS) is 14.4. The number of ether oxygens (including phenoxy) is 3. The Bertz CT molecular complexity index is 1130. The summed E-state index contributed by atoms with van der Waals surface area (Å²) >= 11 is 0. The summed E-state index contributed by atoms with van der Waals surface area (Å²) in [6.07, 6.45) is 3.29. The van der Waals surface area contributed by atoms with E-state index in [1.54, 1.807) is 20.5 Å². The summed E-state index contributed by atoms with van der Waals surface area (Å²) in [5, 5.41) is 0.967. The molecule has 0 bridgehead atoms. The van der Waals surface area contributed by atoms with Gasteiger partial charge >= 0.3 is 0 Å². The average molecular weight is 465 g/mol. The van der Waals surface area contributed by atoms with E-state index in [2.05, 4.69) is 14.9 Å². The van der Waals surface area contributed by atoms with Gasteiger partial charge in [0.25, 0.3) is 5.91 Å². The zero-order valence-corrected chi connectivity index (χ0v) is 20.3. The van der Waals surface area contributed by atoms with E-state index >= 15 is 0 Å². The Balaban J connectivity index is 1.41. The number of hydrogen-bond acceptors (Lipinski definition) is 7. The number of carbonyl (C=O) groups is 1. The maximum Gasteiger partial charge on any atom is 0.253 e. The molecule has 0 saturated carbocycles. The van der Waals surface area contributed by atoms with E-state index in [0.29, 0.717) is 36.8 Å². The highest BCUT2D eigenvalue weighted by molar-refractivity contribution is 5.94. The molecule has 1 saturated heterocycles. The van der Waals surface area contributed by atoms with Gasteiger partial charge in [-0.1, -0.05) is 0 Å². The number of piperidine rings is 1. The molecule has 1 aliphatic heterocycles. The van der Waals surface area contributed by atoms with Crippen molar-refractivity contribution >= 4 is 16.8 Å². The van der Waals surface area contributed by atoms with Gasteiger partial charge in [-0.05, 0) is 57.3 Å². The molecule has 2 aromatic carbocycles. The maximum atomic E-state index is 13.0. The van der Waals surface area contributed by atoms with Crippen LogP contribution >= 0.6 is 0 Å². The molecule has 0 aliphatic carbocycles. The van der Waals surface area contributed by atoms with Crippen LogP contribution < -0.4 is 14.2 Å². The minimum Gasteiger partial charge on any atom is -0.493 e. The number of methoxy groups -OCH3 is 2. The maximum absolute atomic E-state index is 13.0. The fraction of sp³-hybridized carbons (Fsp3) is 0.423. The smallest absolute Gasteiger partial charge is 0.253 e. The van der Waals surface area contributed by atoms with E-state index in [4.69, 9.17) is 14.2 Å². The van der Waals surface area contributed by atoms with Gasteiger partial charge in [-0.15, -0.1) is 0 Å². The predicted molar refractivity (Wildman–Crippen MR) is 131 cm³/mol. The number of hydrogen-bond donors (Lipinski definition) is 0. The third-order valence-electron chi connectivity index (χ3n) is 6.25. The zero-order valence-electron chi connectivity index (χ0n) is 20.3. The summed E-state index contributed by atoms with van der Waals surface area (Å²) in [5.41, 5.74) is 2.51. The molecule has 1 aliphatic rings. The van der Waals surface area contributed by atoms with Gasteiger partial charge in [0.15, 0.2) is 11.5 Å². The minimum absolute atomic E-state index is 0.0530. The van der Waals surface area contributed by atoms with Crippen molar-refractivity contribution in [3.8, 4) is 17.2 Å². The lowest BCUT2D eigenvalue weighted by atomic mass is 9.90. The fourth-order valence-electron chi connectivity index (χ4n) is 4.31. The largest absolute Gasteiger partial charge is 0.493 e. The van der Waals surface area contributed by atoms with E-state index in [1.165, 1.54) is 0 Å². The molecule has 1 amide bonds. The fourth-order valence-corrected chi connectivity index (χ4v) is 4.31. The monoisotopic (exact) mass is 464 g/mol. The van der Waals surface area contributed by atoms with E-state index in [1.807, 2.05) is 55.4 Å². The highest BCUT2D eigenvalue weighted by Crippen LogP contribution is 2.36. The van der Waals surface area contributed by atoms with Crippen molar-refractivity contribution < 1.29 is 19.0 Å². The van der Waals surface area contributed by atoms with Crippen LogP contribution in [0.15, 0.2) is 42.7 Å². The van der Waals surface area contributed by atoms with Crippen LogP contribution in [0, 0.1) is 0 Å². The molecular weight excluding hydrogens is 432 g/mol. The van der Waals surface area contributed by atoms with Gasteiger partial charge in [0.2, 0.25) is 0 Å². The first-order chi connectivity index (χ1) is 16.5. The minimum atomic E-state index is 0.0530. The summed E-state index contributed by atoms with van der Waals surface area (Å²) in [6.45, 7) is 2.83. The summed E-state index contributed by atoms with van der Waals surface area (Å²) in [4.78, 5) is 26.1. The summed E-state index contributed by atoms with van der Waals surface area (Å²) in [6, 6.07) is 11.2. The number of fused-ring (bicyclic) bond motifs is 1. The second kappa shape index (κ2) is 10.7. The van der Waals surface area contributed by atoms with Gasteiger partial charge in [0, 0.05) is 42.6 Å². The first-order valence-corrected chi connectivity index (χ1v) is 11.5. The number of rotatable bonds is 8. The molecule has 1 aromatic heterocycles. The number of benzene rings is 2. The molecule has 34 heavy (non-hydrogen) atoms. The highest BCUT2D eigenvalue weighted by Gasteiger charge is 2.27. The number of likely N-dealkylation sites (tertiary alicyclic amines) is 1. The number of nitrogens with zero attached hydrogens (tertiary/aromatic N) is 4. The zero-order chi connectivity index (χ0) is 24.1. The molecule has 3 aromatic rings. The third kappa shape index (κ3) is 5.22. The molecule has 8 heteroatoms. The Morgan fingerprint density at radius 2 is 1.71 bits per heavy atom. The van der Waals surface area contributed by atoms with Crippen LogP contribution in [0.5, 0.6) is 17.2 Å². The van der Waals surface area contributed by atoms with Crippen LogP contribution in [0.4, 0.5) is 0 Å². The number of aromatic nitrogens is 2. The molecule has 0 unspecified atom stereocenters. The molecule has 4 rings (SSSR count). The molecule has 0 radical (unpaired) electrons. The Morgan fingerprint density at radius 1 is 1.03 bits per heavy atom. The summed E-state index contributed by atoms with van der Waals surface area (Å²) in [7, 11) is 7.26. The summed E-state index contributed by atoms with van der Waals surface area (Å²) < 4.78 is 16.6. The lowest BCUT2D eigenvalue weighted by molar-refractivity contribution is 0.0712. The van der Waals surface area contributed by atoms with Crippen LogP contribution in [0.1, 0.15) is 34.8 Å². The molecule has 0 N–H and O–H groups in total. The van der Waals surface area contributed by atoms with Gasteiger partial charge in [-0.2, -0.15) is 0 Å². The lowest BCUT2D eigenvalue weighted by Crippen LogP contribution is -2.38. The predicted octanol–water partition coefficient (Wildman–Crippen LogP) is 3.61. The number of amides is 1. The topological polar surface area (TPSA) is 77.0 Å². The number of likely N-dealkylation sites (N-methyl/N-ethyl adjacent to an activating group) is 1. The first-order valence-electron chi connectivity index (χ1n) is 11.5. The second-order valence-electron chi connectivity index (χ2n) is 8.73. The van der Waals surface area contributed by atoms with E-state index < -0.39 is 0 Å². The second-order valence-corrected chi connectivity index (χ2v) is 8.73. The van der Waals surface area contributed by atoms with Crippen molar-refractivity contribution in [1.29, 1.82) is 0 Å². The highest BCUT2D eigenvalue weighted by atomic mass is 16.5. The van der Waals surface area contributed by atoms with Crippen molar-refractivity contribution in [2.45, 2.75) is 18.8 Å². The average Bonchev–Trinajstić information content (AvgIpc) is 2.87. The van der Waals surface area contributed by atoms with E-state index in [9.17, 15) is 4.79 Å². The van der Waals surface area contributed by atoms with Crippen molar-refractivity contribution in [1.82, 2.24) is 19.8 Å². The molecule has 2 heterocycles. The Kier molecular flexibility index (Phi) is 7.47. The number of carbonyl (C=O) groups excluding carboxylic acids is 1. The van der Waals surface area contributed by atoms with Gasteiger partial charge in [-0.25, -0.2) is 9.97 Å². The standard InChI is InChI=1S/C26H32N4O4/c1-29(2)13-14-34-20-7-5-19(6-8-20)26(31)30-11-9-18(10-12-30)25-21-15-23(32-3)24(33-4)16-22(21)27-17-28-25/h5-8,15-18H,9-14H2,1-4H3. The first kappa shape index (κ1) is 23.8. The Morgan fingerprint density at radius 3 is 2.35 bits per heavy atom. The molecule has 0 atom stereocenters. The van der Waals surface area contributed by atoms with Crippen LogP contribution in [-0.2, 0) is 0 Å². The van der Waals surface area contributed by atoms with Crippen molar-refractivity contribution in [3.63, 3.8) is 0 Å². The molecule has 1 fully saturated rings. The molecule has 180 valence electrons. The Labute approximate surface area is 200 Å². The van der Waals surface area contributed by atoms with Gasteiger partial charge < -0.3 is 24.0 Å². The van der Waals surface area contributed by atoms with Crippen LogP contribution in [0.2, 0.25) is 0 Å². The van der Waals surface area contributed by atoms with Gasteiger partial charge in [0.1, 0.15) is 18.7 Å². The van der Waals surface area contributed by atoms with Crippen LogP contribution in [0.3, 0.4) is 0 Å². The molecule has 8 nitrogen and oxygen atoms in total. The van der Waals surface area contributed by atoms with Gasteiger partial charge in [0.05, 0.1) is 25.4 Å². The van der Waals surface area contributed by atoms with Crippen LogP contribution in [-0.4, -0.2) is 80.2 Å². The van der Waals surface area contributed by atoms with Crippen molar-refractivity contribution in [2.24, 2.45) is 0 Å². The Hall–Kier alpha value is -3.39. The molecular formula is C26H32N4O4. The third-order valence-corrected chi connectivity index (χ3v) is 6.25. The summed E-state index contributed by atoms with van der Waals surface area (Å²) in [5.74, 6) is 2.39. The quantitative estimate of drug-likeness (QED) is 0.504. The van der Waals surface area contributed by atoms with E-state index in [0.717, 1.165) is 41.7 Å². The lowest BCUT2D eigenvalue weighted by Gasteiger charge is -2.32. The van der Waals surface area contributed by atoms with E-state index in [-0.39, 0.29) is 11.8 Å². The SMILES string of the molecule is COc1cc2ncnc(C3CCN(C(=O)c4ccc(OCCN(C)C)cc4)CC3)c2cc1OC.